The van der Waals surface area contributed by atoms with Gasteiger partial charge in [-0.1, -0.05) is 17.7 Å². The number of carbonyl (C=O) groups excluding carboxylic acids is 1. The number of carbonyl (C=O) groups is 1. The number of anilines is 1. The van der Waals surface area contributed by atoms with Crippen molar-refractivity contribution in [2.45, 2.75) is 24.8 Å². The molecule has 12 heteroatoms. The van der Waals surface area contributed by atoms with Gasteiger partial charge in [-0.2, -0.15) is 0 Å². The SMILES string of the molecule is Cc1ccc(Cl)cc1N([C@@H](C)C(=O)NCCOc1ccc(S(=O)(=O)N(C)C)cc1)S(C)(=O)=O. The monoisotopic (exact) mass is 517 g/mol. The summed E-state index contributed by atoms with van der Waals surface area (Å²) in [4.78, 5) is 12.8. The highest BCUT2D eigenvalue weighted by atomic mass is 35.5. The highest BCUT2D eigenvalue weighted by Gasteiger charge is 2.30. The summed E-state index contributed by atoms with van der Waals surface area (Å²) in [5.74, 6) is -0.0712. The number of hydrogen-bond acceptors (Lipinski definition) is 6. The summed E-state index contributed by atoms with van der Waals surface area (Å²) in [5.41, 5.74) is 0.990. The molecule has 1 atom stereocenters. The normalized spacial score (nSPS) is 12.9. The first-order valence-corrected chi connectivity index (χ1v) is 13.6. The first kappa shape index (κ1) is 26.9. The molecule has 0 radical (unpaired) electrons. The summed E-state index contributed by atoms with van der Waals surface area (Å²) < 4.78 is 56.7. The predicted molar refractivity (Wildman–Crippen MR) is 129 cm³/mol. The molecule has 0 bridgehead atoms. The Kier molecular flexibility index (Phi) is 8.75. The van der Waals surface area contributed by atoms with E-state index >= 15 is 0 Å². The van der Waals surface area contributed by atoms with Gasteiger partial charge in [0.25, 0.3) is 0 Å². The van der Waals surface area contributed by atoms with Crippen molar-refractivity contribution >= 4 is 43.2 Å². The predicted octanol–water partition coefficient (Wildman–Crippen LogP) is 2.25. The zero-order valence-electron chi connectivity index (χ0n) is 19.1. The van der Waals surface area contributed by atoms with Crippen LogP contribution in [0.4, 0.5) is 5.69 Å². The molecule has 0 unspecified atom stereocenters. The molecule has 0 heterocycles. The Morgan fingerprint density at radius 2 is 1.70 bits per heavy atom. The van der Waals surface area contributed by atoms with Crippen molar-refractivity contribution in [2.24, 2.45) is 0 Å². The topological polar surface area (TPSA) is 113 Å². The number of aryl methyl sites for hydroxylation is 1. The van der Waals surface area contributed by atoms with Crippen LogP contribution in [-0.4, -0.2) is 66.6 Å². The molecular formula is C21H28ClN3O6S2. The number of ether oxygens (including phenoxy) is 1. The number of nitrogens with zero attached hydrogens (tertiary/aromatic N) is 2. The number of amides is 1. The fraction of sp³-hybridized carbons (Fsp3) is 0.381. The molecule has 1 N–H and O–H groups in total. The van der Waals surface area contributed by atoms with Crippen LogP contribution >= 0.6 is 11.6 Å². The van der Waals surface area contributed by atoms with E-state index in [2.05, 4.69) is 5.32 Å². The molecule has 0 aromatic heterocycles. The third kappa shape index (κ3) is 6.83. The largest absolute Gasteiger partial charge is 0.492 e. The lowest BCUT2D eigenvalue weighted by atomic mass is 10.2. The van der Waals surface area contributed by atoms with Gasteiger partial charge in [0.15, 0.2) is 0 Å². The van der Waals surface area contributed by atoms with Crippen LogP contribution in [0.15, 0.2) is 47.4 Å². The minimum absolute atomic E-state index is 0.104. The second kappa shape index (κ2) is 10.7. The van der Waals surface area contributed by atoms with Gasteiger partial charge >= 0.3 is 0 Å². The Labute approximate surface area is 200 Å². The van der Waals surface area contributed by atoms with Crippen molar-refractivity contribution in [1.29, 1.82) is 0 Å². The molecule has 9 nitrogen and oxygen atoms in total. The molecule has 0 aliphatic rings. The molecular weight excluding hydrogens is 490 g/mol. The van der Waals surface area contributed by atoms with Gasteiger partial charge in [0.2, 0.25) is 26.0 Å². The summed E-state index contributed by atoms with van der Waals surface area (Å²) in [6, 6.07) is 9.72. The Hall–Kier alpha value is -2.34. The van der Waals surface area contributed by atoms with E-state index < -0.39 is 32.0 Å². The molecule has 0 fully saturated rings. The van der Waals surface area contributed by atoms with E-state index in [4.69, 9.17) is 16.3 Å². The van der Waals surface area contributed by atoms with Gasteiger partial charge in [-0.05, 0) is 55.8 Å². The van der Waals surface area contributed by atoms with Gasteiger partial charge in [-0.25, -0.2) is 21.1 Å². The average Bonchev–Trinajstić information content (AvgIpc) is 2.72. The van der Waals surface area contributed by atoms with Crippen molar-refractivity contribution in [3.05, 3.63) is 53.1 Å². The van der Waals surface area contributed by atoms with Gasteiger partial charge < -0.3 is 10.1 Å². The van der Waals surface area contributed by atoms with Crippen molar-refractivity contribution < 1.29 is 26.4 Å². The maximum atomic E-state index is 12.7. The zero-order chi connectivity index (χ0) is 25.0. The lowest BCUT2D eigenvalue weighted by molar-refractivity contribution is -0.121. The summed E-state index contributed by atoms with van der Waals surface area (Å²) in [7, 11) is -4.40. The first-order chi connectivity index (χ1) is 15.2. The van der Waals surface area contributed by atoms with Crippen molar-refractivity contribution in [1.82, 2.24) is 9.62 Å². The molecule has 0 saturated carbocycles. The molecule has 33 heavy (non-hydrogen) atoms. The van der Waals surface area contributed by atoms with Gasteiger partial charge in [-0.15, -0.1) is 0 Å². The number of sulfonamides is 2. The number of rotatable bonds is 10. The third-order valence-corrected chi connectivity index (χ3v) is 8.06. The molecule has 1 amide bonds. The molecule has 2 aromatic rings. The summed E-state index contributed by atoms with van der Waals surface area (Å²) in [6.07, 6.45) is 1.03. The van der Waals surface area contributed by atoms with Crippen LogP contribution in [0.25, 0.3) is 0 Å². The van der Waals surface area contributed by atoms with Crippen LogP contribution < -0.4 is 14.4 Å². The van der Waals surface area contributed by atoms with E-state index in [1.165, 1.54) is 51.4 Å². The minimum Gasteiger partial charge on any atom is -0.492 e. The average molecular weight is 518 g/mol. The van der Waals surface area contributed by atoms with E-state index in [0.29, 0.717) is 22.0 Å². The Morgan fingerprint density at radius 3 is 2.24 bits per heavy atom. The van der Waals surface area contributed by atoms with Gasteiger partial charge in [0, 0.05) is 19.1 Å². The number of nitrogens with one attached hydrogen (secondary N) is 1. The number of hydrogen-bond donors (Lipinski definition) is 1. The van der Waals surface area contributed by atoms with Crippen molar-refractivity contribution in [2.75, 3.05) is 37.8 Å². The molecule has 2 aromatic carbocycles. The van der Waals surface area contributed by atoms with Crippen LogP contribution in [0, 0.1) is 6.92 Å². The number of benzene rings is 2. The zero-order valence-corrected chi connectivity index (χ0v) is 21.5. The van der Waals surface area contributed by atoms with Crippen molar-refractivity contribution in [3.8, 4) is 5.75 Å². The standard InChI is InChI=1S/C21H28ClN3O6S2/c1-15-6-7-17(22)14-20(15)25(32(5,27)28)16(2)21(26)23-12-13-31-18-8-10-19(11-9-18)33(29,30)24(3)4/h6-11,14,16H,12-13H2,1-5H3,(H,23,26)/t16-/m0/s1. The van der Waals surface area contributed by atoms with Crippen LogP contribution in [-0.2, 0) is 24.8 Å². The quantitative estimate of drug-likeness (QED) is 0.484. The van der Waals surface area contributed by atoms with E-state index in [0.717, 1.165) is 14.9 Å². The second-order valence-electron chi connectivity index (χ2n) is 7.56. The van der Waals surface area contributed by atoms with Gasteiger partial charge in [0.05, 0.1) is 23.4 Å². The van der Waals surface area contributed by atoms with E-state index in [9.17, 15) is 21.6 Å². The minimum atomic E-state index is -3.77. The molecule has 182 valence electrons. The maximum Gasteiger partial charge on any atom is 0.243 e. The lowest BCUT2D eigenvalue weighted by Crippen LogP contribution is -2.48. The van der Waals surface area contributed by atoms with E-state index in [1.54, 1.807) is 19.1 Å². The molecule has 0 saturated heterocycles. The Morgan fingerprint density at radius 1 is 1.09 bits per heavy atom. The first-order valence-electron chi connectivity index (χ1n) is 9.94. The van der Waals surface area contributed by atoms with Crippen LogP contribution in [0.5, 0.6) is 5.75 Å². The third-order valence-electron chi connectivity index (χ3n) is 4.77. The van der Waals surface area contributed by atoms with Gasteiger partial charge in [-0.3, -0.25) is 9.10 Å². The fourth-order valence-electron chi connectivity index (χ4n) is 3.01. The smallest absolute Gasteiger partial charge is 0.243 e. The number of halogens is 1. The van der Waals surface area contributed by atoms with E-state index in [1.807, 2.05) is 0 Å². The van der Waals surface area contributed by atoms with E-state index in [-0.39, 0.29) is 18.0 Å². The van der Waals surface area contributed by atoms with Crippen LogP contribution in [0.3, 0.4) is 0 Å². The molecule has 0 spiro atoms. The van der Waals surface area contributed by atoms with Gasteiger partial charge in [0.1, 0.15) is 18.4 Å². The maximum absolute atomic E-state index is 12.7. The Bertz CT molecular complexity index is 1200. The van der Waals surface area contributed by atoms with Crippen molar-refractivity contribution in [3.63, 3.8) is 0 Å². The fourth-order valence-corrected chi connectivity index (χ4v) is 5.30. The Balaban J connectivity index is 2.00. The summed E-state index contributed by atoms with van der Waals surface area (Å²) >= 11 is 6.03. The van der Waals surface area contributed by atoms with Crippen LogP contribution in [0.2, 0.25) is 5.02 Å². The molecule has 0 aliphatic carbocycles. The molecule has 2 rings (SSSR count). The summed E-state index contributed by atoms with van der Waals surface area (Å²) in [5, 5.41) is 3.01. The summed E-state index contributed by atoms with van der Waals surface area (Å²) in [6.45, 7) is 3.44. The highest BCUT2D eigenvalue weighted by molar-refractivity contribution is 7.92. The lowest BCUT2D eigenvalue weighted by Gasteiger charge is -2.29. The second-order valence-corrected chi connectivity index (χ2v) is 12.0. The highest BCUT2D eigenvalue weighted by Crippen LogP contribution is 2.28. The molecule has 0 aliphatic heterocycles. The van der Waals surface area contributed by atoms with Crippen LogP contribution in [0.1, 0.15) is 12.5 Å².